The Labute approximate surface area is 206 Å². The molecule has 1 aliphatic heterocycles. The van der Waals surface area contributed by atoms with E-state index in [4.69, 9.17) is 4.74 Å². The van der Waals surface area contributed by atoms with E-state index < -0.39 is 47.1 Å². The summed E-state index contributed by atoms with van der Waals surface area (Å²) in [7, 11) is 0. The van der Waals surface area contributed by atoms with Crippen LogP contribution in [0.5, 0.6) is 0 Å². The van der Waals surface area contributed by atoms with Crippen LogP contribution < -0.4 is 0 Å². The van der Waals surface area contributed by atoms with Crippen molar-refractivity contribution in [3.63, 3.8) is 0 Å². The predicted molar refractivity (Wildman–Crippen MR) is 123 cm³/mol. The van der Waals surface area contributed by atoms with Gasteiger partial charge in [-0.1, -0.05) is 57.8 Å². The highest BCUT2D eigenvalue weighted by molar-refractivity contribution is 9.12. The first kappa shape index (κ1) is 24.0. The number of esters is 1. The summed E-state index contributed by atoms with van der Waals surface area (Å²) in [5.74, 6) is -3.48. The number of carbonyl (C=O) groups excluding carboxylic acids is 4. The maximum absolute atomic E-state index is 13.3. The fraction of sp³-hybridized carbons (Fsp3) is 0.545. The molecule has 9 nitrogen and oxygen atoms in total. The number of non-ortho nitro benzene ring substituents is 1. The number of alkyl halides is 2. The molecule has 7 atom stereocenters. The maximum Gasteiger partial charge on any atom is 0.330 e. The van der Waals surface area contributed by atoms with Gasteiger partial charge in [0.25, 0.3) is 5.69 Å². The van der Waals surface area contributed by atoms with E-state index in [1.54, 1.807) is 13.8 Å². The Morgan fingerprint density at radius 1 is 1.15 bits per heavy atom. The van der Waals surface area contributed by atoms with Gasteiger partial charge in [0, 0.05) is 27.4 Å². The number of ketones is 1. The number of amides is 2. The lowest BCUT2D eigenvalue weighted by Crippen LogP contribution is -2.50. The minimum atomic E-state index is -1.14. The van der Waals surface area contributed by atoms with Crippen LogP contribution in [0, 0.1) is 39.7 Å². The number of halogens is 2. The van der Waals surface area contributed by atoms with E-state index in [-0.39, 0.29) is 44.6 Å². The van der Waals surface area contributed by atoms with Crippen LogP contribution in [0.15, 0.2) is 24.3 Å². The van der Waals surface area contributed by atoms with E-state index in [0.717, 1.165) is 17.4 Å². The summed E-state index contributed by atoms with van der Waals surface area (Å²) in [5, 5.41) is 10.9. The van der Waals surface area contributed by atoms with E-state index in [1.807, 2.05) is 0 Å². The molecule has 1 aromatic carbocycles. The quantitative estimate of drug-likeness (QED) is 0.120. The highest BCUT2D eigenvalue weighted by Crippen LogP contribution is 2.60. The van der Waals surface area contributed by atoms with Crippen molar-refractivity contribution < 1.29 is 28.8 Å². The second-order valence-electron chi connectivity index (χ2n) is 9.08. The summed E-state index contributed by atoms with van der Waals surface area (Å²) >= 11 is 7.27. The number of hydrogen-bond donors (Lipinski definition) is 0. The minimum absolute atomic E-state index is 0.0186. The molecule has 2 aliphatic carbocycles. The normalized spacial score (nSPS) is 31.1. The summed E-state index contributed by atoms with van der Waals surface area (Å²) in [6.07, 6.45) is 0.779. The molecule has 2 bridgehead atoms. The molecule has 2 amide bonds. The summed E-state index contributed by atoms with van der Waals surface area (Å²) < 4.78 is 5.20. The Morgan fingerprint density at radius 3 is 2.24 bits per heavy atom. The van der Waals surface area contributed by atoms with Gasteiger partial charge in [0.05, 0.1) is 16.8 Å². The van der Waals surface area contributed by atoms with Crippen molar-refractivity contribution in [3.8, 4) is 0 Å². The molecule has 0 spiro atoms. The zero-order chi connectivity index (χ0) is 24.2. The summed E-state index contributed by atoms with van der Waals surface area (Å²) in [5.41, 5.74) is -0.221. The molecule has 3 fully saturated rings. The second-order valence-corrected chi connectivity index (χ2v) is 11.2. The van der Waals surface area contributed by atoms with Gasteiger partial charge in [-0.3, -0.25) is 29.4 Å². The molecule has 0 unspecified atom stereocenters. The average Bonchev–Trinajstić information content (AvgIpc) is 3.38. The monoisotopic (exact) mass is 584 g/mol. The number of ether oxygens (including phenoxy) is 1. The first-order valence-electron chi connectivity index (χ1n) is 10.6. The van der Waals surface area contributed by atoms with Crippen molar-refractivity contribution in [2.24, 2.45) is 29.6 Å². The van der Waals surface area contributed by atoms with Gasteiger partial charge in [0.2, 0.25) is 17.6 Å². The Kier molecular flexibility index (Phi) is 6.47. The number of likely N-dealkylation sites (tertiary alicyclic amines) is 1. The third-order valence-corrected chi connectivity index (χ3v) is 10.1. The smallest absolute Gasteiger partial charge is 0.330 e. The van der Waals surface area contributed by atoms with Crippen LogP contribution in [-0.4, -0.2) is 55.7 Å². The number of imide groups is 1. The first-order chi connectivity index (χ1) is 15.5. The van der Waals surface area contributed by atoms with Crippen molar-refractivity contribution in [2.45, 2.75) is 36.0 Å². The van der Waals surface area contributed by atoms with E-state index in [0.29, 0.717) is 0 Å². The highest BCUT2D eigenvalue weighted by atomic mass is 79.9. The largest absolute Gasteiger partial charge is 0.456 e. The van der Waals surface area contributed by atoms with Crippen LogP contribution in [0.2, 0.25) is 0 Å². The minimum Gasteiger partial charge on any atom is -0.456 e. The van der Waals surface area contributed by atoms with Crippen molar-refractivity contribution in [1.29, 1.82) is 0 Å². The number of Topliss-reactive ketones (excluding diaryl/α,β-unsaturated/α-hetero) is 1. The molecular weight excluding hydrogens is 564 g/mol. The molecule has 1 heterocycles. The van der Waals surface area contributed by atoms with E-state index >= 15 is 0 Å². The van der Waals surface area contributed by atoms with Gasteiger partial charge >= 0.3 is 5.97 Å². The number of nitro groups is 1. The lowest BCUT2D eigenvalue weighted by molar-refractivity contribution is -0.384. The lowest BCUT2D eigenvalue weighted by atomic mass is 9.81. The first-order valence-corrected chi connectivity index (χ1v) is 12.5. The lowest BCUT2D eigenvalue weighted by Gasteiger charge is -2.28. The number of nitro benzene ring substituents is 1. The van der Waals surface area contributed by atoms with Crippen LogP contribution >= 0.6 is 31.9 Å². The van der Waals surface area contributed by atoms with Crippen molar-refractivity contribution >= 4 is 61.1 Å². The van der Waals surface area contributed by atoms with Crippen LogP contribution in [0.1, 0.15) is 30.6 Å². The zero-order valence-corrected chi connectivity index (χ0v) is 21.0. The molecule has 2 saturated carbocycles. The second kappa shape index (κ2) is 8.90. The Hall–Kier alpha value is -2.14. The molecule has 1 saturated heterocycles. The topological polar surface area (TPSA) is 124 Å². The molecule has 176 valence electrons. The van der Waals surface area contributed by atoms with Gasteiger partial charge in [-0.15, -0.1) is 0 Å². The number of rotatable bonds is 7. The Morgan fingerprint density at radius 2 is 1.73 bits per heavy atom. The number of hydrogen-bond acceptors (Lipinski definition) is 7. The van der Waals surface area contributed by atoms with E-state index in [9.17, 15) is 29.3 Å². The number of fused-ring (bicyclic) bond motifs is 5. The number of carbonyl (C=O) groups is 4. The molecule has 33 heavy (non-hydrogen) atoms. The summed E-state index contributed by atoms with van der Waals surface area (Å²) in [4.78, 5) is 63.5. The average molecular weight is 586 g/mol. The van der Waals surface area contributed by atoms with Crippen LogP contribution in [-0.2, 0) is 19.1 Å². The molecule has 11 heteroatoms. The Bertz CT molecular complexity index is 1010. The molecular formula is C22H22Br2N2O7. The fourth-order valence-corrected chi connectivity index (χ4v) is 7.29. The highest BCUT2D eigenvalue weighted by Gasteiger charge is 2.67. The van der Waals surface area contributed by atoms with Gasteiger partial charge in [-0.2, -0.15) is 0 Å². The van der Waals surface area contributed by atoms with Crippen molar-refractivity contribution in [3.05, 3.63) is 39.9 Å². The van der Waals surface area contributed by atoms with Crippen molar-refractivity contribution in [2.75, 3.05) is 6.61 Å². The number of benzene rings is 1. The molecule has 3 aliphatic rings. The third-order valence-electron chi connectivity index (χ3n) is 6.90. The maximum atomic E-state index is 13.3. The SMILES string of the molecule is CC(C)[C@H](C(=O)OCC(=O)c1cccc([N+](=O)[O-])c1)N1C(=O)[C@H]2[C@@H]3C[C@H]([C@@H](Br)[C@H]3Br)[C@@H]2C1=O. The van der Waals surface area contributed by atoms with Gasteiger partial charge in [-0.25, -0.2) is 4.79 Å². The standard InChI is InChI=1S/C22H22Br2N2O7/c1-9(2)19(22(30)33-8-14(27)10-4-3-5-11(6-10)26(31)32)25-20(28)15-12-7-13(16(15)21(25)29)18(24)17(12)23/h3-6,9,12-13,15-19H,7-8H2,1-2H3/t12-,13-,15-,16-,17-,18+,19+/m0/s1. The molecule has 0 N–H and O–H groups in total. The van der Waals surface area contributed by atoms with Gasteiger partial charge in [-0.05, 0) is 24.2 Å². The summed E-state index contributed by atoms with van der Waals surface area (Å²) in [6.45, 7) is 2.76. The Balaban J connectivity index is 1.49. The zero-order valence-electron chi connectivity index (χ0n) is 17.9. The van der Waals surface area contributed by atoms with E-state index in [2.05, 4.69) is 31.9 Å². The molecule has 0 aromatic heterocycles. The summed E-state index contributed by atoms with van der Waals surface area (Å²) in [6, 6.07) is 3.97. The van der Waals surface area contributed by atoms with Crippen LogP contribution in [0.4, 0.5) is 5.69 Å². The van der Waals surface area contributed by atoms with Crippen LogP contribution in [0.25, 0.3) is 0 Å². The van der Waals surface area contributed by atoms with Gasteiger partial charge < -0.3 is 4.74 Å². The molecule has 1 aromatic rings. The molecule has 0 radical (unpaired) electrons. The van der Waals surface area contributed by atoms with Gasteiger partial charge in [0.15, 0.2) is 6.61 Å². The van der Waals surface area contributed by atoms with E-state index in [1.165, 1.54) is 18.2 Å². The third kappa shape index (κ3) is 3.92. The van der Waals surface area contributed by atoms with Crippen LogP contribution in [0.3, 0.4) is 0 Å². The van der Waals surface area contributed by atoms with Gasteiger partial charge in [0.1, 0.15) is 6.04 Å². The predicted octanol–water partition coefficient (Wildman–Crippen LogP) is 3.12. The molecule has 4 rings (SSSR count). The number of nitrogens with zero attached hydrogens (tertiary/aromatic N) is 2. The van der Waals surface area contributed by atoms with Crippen molar-refractivity contribution in [1.82, 2.24) is 4.90 Å². The fourth-order valence-electron chi connectivity index (χ4n) is 5.42.